The molecule has 1 atom stereocenters. The van der Waals surface area contributed by atoms with Crippen LogP contribution in [0.3, 0.4) is 0 Å². The van der Waals surface area contributed by atoms with Crippen LogP contribution in [0.5, 0.6) is 0 Å². The van der Waals surface area contributed by atoms with E-state index in [0.29, 0.717) is 11.5 Å². The fourth-order valence-corrected chi connectivity index (χ4v) is 3.03. The minimum Gasteiger partial charge on any atom is -0.327 e. The Labute approximate surface area is 91.5 Å². The summed E-state index contributed by atoms with van der Waals surface area (Å²) in [6, 6.07) is 4.61. The third kappa shape index (κ3) is 2.14. The first-order valence-electron chi connectivity index (χ1n) is 4.60. The van der Waals surface area contributed by atoms with Gasteiger partial charge in [-0.25, -0.2) is 0 Å². The van der Waals surface area contributed by atoms with Gasteiger partial charge in [-0.2, -0.15) is 0 Å². The van der Waals surface area contributed by atoms with Crippen molar-refractivity contribution in [1.82, 2.24) is 0 Å². The Morgan fingerprint density at radius 3 is 2.77 bits per heavy atom. The SMILES string of the molecule is CC1(C(N)Cc2ccc(Br)s2)CC1. The first-order chi connectivity index (χ1) is 6.10. The molecular weight excluding hydrogens is 246 g/mol. The van der Waals surface area contributed by atoms with E-state index in [9.17, 15) is 0 Å². The van der Waals surface area contributed by atoms with Gasteiger partial charge in [0, 0.05) is 10.9 Å². The summed E-state index contributed by atoms with van der Waals surface area (Å²) in [5.74, 6) is 0. The van der Waals surface area contributed by atoms with Gasteiger partial charge in [0.1, 0.15) is 0 Å². The molecule has 1 aromatic rings. The minimum absolute atomic E-state index is 0.345. The number of thiophene rings is 1. The van der Waals surface area contributed by atoms with Crippen LogP contribution in [0.25, 0.3) is 0 Å². The zero-order valence-electron chi connectivity index (χ0n) is 7.72. The molecule has 0 amide bonds. The molecule has 0 aromatic carbocycles. The molecule has 13 heavy (non-hydrogen) atoms. The first kappa shape index (κ1) is 9.69. The third-order valence-corrected chi connectivity index (χ3v) is 4.63. The Morgan fingerprint density at radius 1 is 1.62 bits per heavy atom. The fourth-order valence-electron chi connectivity index (χ4n) is 1.49. The van der Waals surface area contributed by atoms with E-state index in [-0.39, 0.29) is 0 Å². The highest BCUT2D eigenvalue weighted by Crippen LogP contribution is 2.48. The molecule has 1 heterocycles. The van der Waals surface area contributed by atoms with Gasteiger partial charge in [0.25, 0.3) is 0 Å². The number of halogens is 1. The quantitative estimate of drug-likeness (QED) is 0.887. The molecule has 1 aliphatic rings. The van der Waals surface area contributed by atoms with E-state index < -0.39 is 0 Å². The van der Waals surface area contributed by atoms with E-state index in [1.54, 1.807) is 11.3 Å². The zero-order valence-corrected chi connectivity index (χ0v) is 10.1. The standard InChI is InChI=1S/C10H14BrNS/c1-10(4-5-10)8(12)6-7-2-3-9(11)13-7/h2-3,8H,4-6,12H2,1H3. The normalized spacial score (nSPS) is 21.5. The second-order valence-corrected chi connectivity index (χ2v) is 6.72. The third-order valence-electron chi connectivity index (χ3n) is 2.98. The zero-order chi connectivity index (χ0) is 9.47. The Morgan fingerprint density at radius 2 is 2.31 bits per heavy atom. The highest BCUT2D eigenvalue weighted by Gasteiger charge is 2.42. The van der Waals surface area contributed by atoms with Crippen LogP contribution in [0.1, 0.15) is 24.6 Å². The fraction of sp³-hybridized carbons (Fsp3) is 0.600. The van der Waals surface area contributed by atoms with Gasteiger partial charge in [0.2, 0.25) is 0 Å². The summed E-state index contributed by atoms with van der Waals surface area (Å²) < 4.78 is 1.20. The van der Waals surface area contributed by atoms with Gasteiger partial charge in [-0.3, -0.25) is 0 Å². The molecule has 0 spiro atoms. The molecular formula is C10H14BrNS. The second kappa shape index (κ2) is 3.37. The highest BCUT2D eigenvalue weighted by atomic mass is 79.9. The van der Waals surface area contributed by atoms with Crippen LogP contribution in [0, 0.1) is 5.41 Å². The Kier molecular flexibility index (Phi) is 2.51. The van der Waals surface area contributed by atoms with Crippen LogP contribution < -0.4 is 5.73 Å². The van der Waals surface area contributed by atoms with Gasteiger partial charge in [-0.05, 0) is 52.7 Å². The van der Waals surface area contributed by atoms with Crippen LogP contribution in [-0.4, -0.2) is 6.04 Å². The van der Waals surface area contributed by atoms with E-state index in [0.717, 1.165) is 6.42 Å². The Bertz CT molecular complexity index is 304. The van der Waals surface area contributed by atoms with Crippen LogP contribution in [-0.2, 0) is 6.42 Å². The molecule has 0 saturated heterocycles. The first-order valence-corrected chi connectivity index (χ1v) is 6.21. The Balaban J connectivity index is 1.98. The molecule has 1 aliphatic carbocycles. The largest absolute Gasteiger partial charge is 0.327 e. The molecule has 0 radical (unpaired) electrons. The van der Waals surface area contributed by atoms with Gasteiger partial charge in [-0.1, -0.05) is 6.92 Å². The predicted octanol–water partition coefficient (Wildman–Crippen LogP) is 3.18. The van der Waals surface area contributed by atoms with Crippen molar-refractivity contribution in [3.05, 3.63) is 20.8 Å². The van der Waals surface area contributed by atoms with Gasteiger partial charge in [0.15, 0.2) is 0 Å². The van der Waals surface area contributed by atoms with Crippen molar-refractivity contribution in [1.29, 1.82) is 0 Å². The maximum Gasteiger partial charge on any atom is 0.0701 e. The van der Waals surface area contributed by atoms with Crippen molar-refractivity contribution >= 4 is 27.3 Å². The van der Waals surface area contributed by atoms with Crippen molar-refractivity contribution in [3.8, 4) is 0 Å². The average Bonchev–Trinajstić information content (AvgIpc) is 2.69. The van der Waals surface area contributed by atoms with E-state index in [1.807, 2.05) is 0 Å². The summed E-state index contributed by atoms with van der Waals surface area (Å²) in [6.45, 7) is 2.29. The summed E-state index contributed by atoms with van der Waals surface area (Å²) in [5, 5.41) is 0. The van der Waals surface area contributed by atoms with Crippen molar-refractivity contribution in [2.45, 2.75) is 32.2 Å². The lowest BCUT2D eigenvalue weighted by atomic mass is 9.96. The lowest BCUT2D eigenvalue weighted by Crippen LogP contribution is -2.31. The molecule has 1 aromatic heterocycles. The predicted molar refractivity (Wildman–Crippen MR) is 61.0 cm³/mol. The van der Waals surface area contributed by atoms with E-state index in [2.05, 4.69) is 35.0 Å². The highest BCUT2D eigenvalue weighted by molar-refractivity contribution is 9.11. The van der Waals surface area contributed by atoms with Crippen molar-refractivity contribution in [3.63, 3.8) is 0 Å². The summed E-state index contributed by atoms with van der Waals surface area (Å²) in [6.07, 6.45) is 3.65. The van der Waals surface area contributed by atoms with Gasteiger partial charge < -0.3 is 5.73 Å². The van der Waals surface area contributed by atoms with Crippen LogP contribution in [0.15, 0.2) is 15.9 Å². The number of rotatable bonds is 3. The number of nitrogens with two attached hydrogens (primary N) is 1. The van der Waals surface area contributed by atoms with Crippen molar-refractivity contribution in [2.75, 3.05) is 0 Å². The van der Waals surface area contributed by atoms with Crippen LogP contribution >= 0.6 is 27.3 Å². The summed E-state index contributed by atoms with van der Waals surface area (Å²) in [7, 11) is 0. The van der Waals surface area contributed by atoms with Crippen molar-refractivity contribution < 1.29 is 0 Å². The Hall–Kier alpha value is 0.140. The van der Waals surface area contributed by atoms with Gasteiger partial charge in [0.05, 0.1) is 3.79 Å². The maximum absolute atomic E-state index is 6.15. The maximum atomic E-state index is 6.15. The lowest BCUT2D eigenvalue weighted by molar-refractivity contribution is 0.435. The molecule has 2 N–H and O–H groups in total. The number of hydrogen-bond donors (Lipinski definition) is 1. The molecule has 1 nitrogen and oxygen atoms in total. The molecule has 3 heteroatoms. The topological polar surface area (TPSA) is 26.0 Å². The van der Waals surface area contributed by atoms with E-state index in [4.69, 9.17) is 5.73 Å². The number of hydrogen-bond acceptors (Lipinski definition) is 2. The molecule has 72 valence electrons. The van der Waals surface area contributed by atoms with Crippen molar-refractivity contribution in [2.24, 2.45) is 11.1 Å². The van der Waals surface area contributed by atoms with E-state index >= 15 is 0 Å². The molecule has 1 fully saturated rings. The smallest absolute Gasteiger partial charge is 0.0701 e. The molecule has 1 unspecified atom stereocenters. The van der Waals surface area contributed by atoms with Crippen LogP contribution in [0.2, 0.25) is 0 Å². The molecule has 0 bridgehead atoms. The monoisotopic (exact) mass is 259 g/mol. The minimum atomic E-state index is 0.345. The summed E-state index contributed by atoms with van der Waals surface area (Å²) in [4.78, 5) is 1.40. The van der Waals surface area contributed by atoms with Gasteiger partial charge >= 0.3 is 0 Å². The lowest BCUT2D eigenvalue weighted by Gasteiger charge is -2.17. The summed E-state index contributed by atoms with van der Waals surface area (Å²) in [5.41, 5.74) is 6.59. The van der Waals surface area contributed by atoms with E-state index in [1.165, 1.54) is 21.5 Å². The van der Waals surface area contributed by atoms with Crippen LogP contribution in [0.4, 0.5) is 0 Å². The van der Waals surface area contributed by atoms with Gasteiger partial charge in [-0.15, -0.1) is 11.3 Å². The average molecular weight is 260 g/mol. The molecule has 0 aliphatic heterocycles. The molecule has 1 saturated carbocycles. The molecule has 2 rings (SSSR count). The summed E-state index contributed by atoms with van der Waals surface area (Å²) >= 11 is 5.26. The second-order valence-electron chi connectivity index (χ2n) is 4.17.